The molecular weight excluding hydrogens is 371 g/mol. The normalized spacial score (nSPS) is 15.8. The molecular formula is C23H29FN2O3. The van der Waals surface area contributed by atoms with Crippen molar-refractivity contribution in [3.63, 3.8) is 0 Å². The molecule has 0 unspecified atom stereocenters. The molecule has 0 saturated carbocycles. The predicted molar refractivity (Wildman–Crippen MR) is 113 cm³/mol. The lowest BCUT2D eigenvalue weighted by Gasteiger charge is -2.37. The van der Waals surface area contributed by atoms with E-state index in [0.29, 0.717) is 18.7 Å². The molecule has 0 aliphatic carbocycles. The van der Waals surface area contributed by atoms with Crippen LogP contribution >= 0.6 is 0 Å². The minimum Gasteiger partial charge on any atom is -0.497 e. The van der Waals surface area contributed by atoms with Gasteiger partial charge in [0.25, 0.3) is 0 Å². The minimum absolute atomic E-state index is 0.191. The first-order chi connectivity index (χ1) is 14.1. The Hall–Kier alpha value is -2.57. The van der Waals surface area contributed by atoms with Crippen LogP contribution in [0.5, 0.6) is 11.5 Å². The Morgan fingerprint density at radius 1 is 1.17 bits per heavy atom. The summed E-state index contributed by atoms with van der Waals surface area (Å²) in [7, 11) is 1.63. The monoisotopic (exact) mass is 400 g/mol. The summed E-state index contributed by atoms with van der Waals surface area (Å²) in [6.45, 7) is 7.53. The van der Waals surface area contributed by atoms with Crippen LogP contribution in [0.15, 0.2) is 55.1 Å². The number of ether oxygens (including phenoxy) is 2. The van der Waals surface area contributed by atoms with Crippen molar-refractivity contribution >= 4 is 5.69 Å². The van der Waals surface area contributed by atoms with Gasteiger partial charge >= 0.3 is 0 Å². The SMILES string of the molecule is C=CCc1cc(OC)ccc1OC[C@@H](O)CN1CCN(c2ccccc2F)CC1. The molecule has 0 amide bonds. The maximum absolute atomic E-state index is 14.0. The molecule has 6 heteroatoms. The highest BCUT2D eigenvalue weighted by molar-refractivity contribution is 5.48. The second-order valence-corrected chi connectivity index (χ2v) is 7.17. The van der Waals surface area contributed by atoms with Crippen molar-refractivity contribution in [2.75, 3.05) is 51.3 Å². The molecule has 2 aromatic carbocycles. The fraction of sp³-hybridized carbons (Fsp3) is 0.391. The topological polar surface area (TPSA) is 45.2 Å². The molecule has 29 heavy (non-hydrogen) atoms. The molecule has 0 radical (unpaired) electrons. The minimum atomic E-state index is -0.603. The number of methoxy groups -OCH3 is 1. The summed E-state index contributed by atoms with van der Waals surface area (Å²) in [4.78, 5) is 4.23. The van der Waals surface area contributed by atoms with Crippen LogP contribution in [0.3, 0.4) is 0 Å². The summed E-state index contributed by atoms with van der Waals surface area (Å²) in [5, 5.41) is 10.4. The number of piperazine rings is 1. The molecule has 2 aromatic rings. The van der Waals surface area contributed by atoms with E-state index in [1.54, 1.807) is 13.2 Å². The maximum atomic E-state index is 14.0. The molecule has 1 fully saturated rings. The van der Waals surface area contributed by atoms with Crippen LogP contribution in [0.4, 0.5) is 10.1 Å². The van der Waals surface area contributed by atoms with Gasteiger partial charge in [0.05, 0.1) is 12.8 Å². The number of nitrogens with zero attached hydrogens (tertiary/aromatic N) is 2. The van der Waals surface area contributed by atoms with Gasteiger partial charge in [0.2, 0.25) is 0 Å². The molecule has 5 nitrogen and oxygen atoms in total. The van der Waals surface area contributed by atoms with Crippen molar-refractivity contribution in [3.05, 3.63) is 66.5 Å². The molecule has 3 rings (SSSR count). The Balaban J connectivity index is 1.48. The summed E-state index contributed by atoms with van der Waals surface area (Å²) < 4.78 is 25.1. The Bertz CT molecular complexity index is 806. The zero-order valence-corrected chi connectivity index (χ0v) is 16.9. The number of halogens is 1. The smallest absolute Gasteiger partial charge is 0.146 e. The van der Waals surface area contributed by atoms with Gasteiger partial charge in [-0.05, 0) is 36.8 Å². The first-order valence-electron chi connectivity index (χ1n) is 9.91. The van der Waals surface area contributed by atoms with Gasteiger partial charge in [0, 0.05) is 38.3 Å². The van der Waals surface area contributed by atoms with E-state index in [4.69, 9.17) is 9.47 Å². The zero-order valence-electron chi connectivity index (χ0n) is 16.9. The average molecular weight is 400 g/mol. The quantitative estimate of drug-likeness (QED) is 0.656. The van der Waals surface area contributed by atoms with Gasteiger partial charge in [0.15, 0.2) is 0 Å². The number of anilines is 1. The largest absolute Gasteiger partial charge is 0.497 e. The van der Waals surface area contributed by atoms with Crippen molar-refractivity contribution in [1.29, 1.82) is 0 Å². The van der Waals surface area contributed by atoms with E-state index in [1.165, 1.54) is 6.07 Å². The van der Waals surface area contributed by atoms with E-state index in [0.717, 1.165) is 43.2 Å². The molecule has 1 aliphatic rings. The van der Waals surface area contributed by atoms with Crippen LogP contribution in [0.25, 0.3) is 0 Å². The standard InChI is InChI=1S/C23H29FN2O3/c1-3-6-18-15-20(28-2)9-10-23(18)29-17-19(27)16-25-11-13-26(14-12-25)22-8-5-4-7-21(22)24/h3-5,7-10,15,19,27H,1,6,11-14,16-17H2,2H3/t19-/m0/s1. The number of hydrogen-bond acceptors (Lipinski definition) is 5. The van der Waals surface area contributed by atoms with Gasteiger partial charge in [-0.1, -0.05) is 18.2 Å². The molecule has 1 atom stereocenters. The van der Waals surface area contributed by atoms with Crippen LogP contribution in [0.2, 0.25) is 0 Å². The number of hydrogen-bond donors (Lipinski definition) is 1. The molecule has 0 aromatic heterocycles. The fourth-order valence-electron chi connectivity index (χ4n) is 3.55. The Morgan fingerprint density at radius 3 is 2.62 bits per heavy atom. The predicted octanol–water partition coefficient (Wildman–Crippen LogP) is 3.12. The summed E-state index contributed by atoms with van der Waals surface area (Å²) in [6.07, 6.45) is 1.88. The number of para-hydroxylation sites is 1. The maximum Gasteiger partial charge on any atom is 0.146 e. The summed E-state index contributed by atoms with van der Waals surface area (Å²) in [5.41, 5.74) is 1.62. The van der Waals surface area contributed by atoms with Gasteiger partial charge in [-0.2, -0.15) is 0 Å². The zero-order chi connectivity index (χ0) is 20.6. The number of rotatable bonds is 9. The number of allylic oxidation sites excluding steroid dienone is 1. The number of aliphatic hydroxyl groups excluding tert-OH is 1. The molecule has 0 bridgehead atoms. The third-order valence-electron chi connectivity index (χ3n) is 5.10. The number of aliphatic hydroxyl groups is 1. The second-order valence-electron chi connectivity index (χ2n) is 7.17. The van der Waals surface area contributed by atoms with E-state index in [-0.39, 0.29) is 12.4 Å². The lowest BCUT2D eigenvalue weighted by molar-refractivity contribution is 0.0659. The molecule has 1 aliphatic heterocycles. The van der Waals surface area contributed by atoms with Crippen LogP contribution in [-0.2, 0) is 6.42 Å². The Morgan fingerprint density at radius 2 is 1.93 bits per heavy atom. The molecule has 1 saturated heterocycles. The van der Waals surface area contributed by atoms with E-state index in [9.17, 15) is 9.50 Å². The first-order valence-corrected chi connectivity index (χ1v) is 9.91. The van der Waals surface area contributed by atoms with Gasteiger partial charge in [-0.15, -0.1) is 6.58 Å². The van der Waals surface area contributed by atoms with Crippen molar-refractivity contribution < 1.29 is 19.0 Å². The molecule has 0 spiro atoms. The Kier molecular flexibility index (Phi) is 7.49. The third-order valence-corrected chi connectivity index (χ3v) is 5.10. The lowest BCUT2D eigenvalue weighted by atomic mass is 10.1. The van der Waals surface area contributed by atoms with Crippen molar-refractivity contribution in [1.82, 2.24) is 4.90 Å². The molecule has 1 N–H and O–H groups in total. The van der Waals surface area contributed by atoms with Crippen LogP contribution in [-0.4, -0.2) is 62.6 Å². The van der Waals surface area contributed by atoms with E-state index in [2.05, 4.69) is 11.5 Å². The van der Waals surface area contributed by atoms with Crippen LogP contribution < -0.4 is 14.4 Å². The van der Waals surface area contributed by atoms with E-state index < -0.39 is 6.10 Å². The number of benzene rings is 2. The number of β-amino-alcohol motifs (C(OH)–C–C–N with tert-alkyl or cyclic N) is 1. The highest BCUT2D eigenvalue weighted by Crippen LogP contribution is 2.25. The molecule has 156 valence electrons. The van der Waals surface area contributed by atoms with Gasteiger partial charge in [0.1, 0.15) is 30.0 Å². The van der Waals surface area contributed by atoms with Crippen molar-refractivity contribution in [3.8, 4) is 11.5 Å². The van der Waals surface area contributed by atoms with Crippen molar-refractivity contribution in [2.24, 2.45) is 0 Å². The van der Waals surface area contributed by atoms with Gasteiger partial charge < -0.3 is 19.5 Å². The fourth-order valence-corrected chi connectivity index (χ4v) is 3.55. The molecule has 1 heterocycles. The van der Waals surface area contributed by atoms with E-state index >= 15 is 0 Å². The Labute approximate surface area is 172 Å². The summed E-state index contributed by atoms with van der Waals surface area (Å²) in [6, 6.07) is 12.5. The van der Waals surface area contributed by atoms with Crippen LogP contribution in [0, 0.1) is 5.82 Å². The third kappa shape index (κ3) is 5.71. The summed E-state index contributed by atoms with van der Waals surface area (Å²) >= 11 is 0. The average Bonchev–Trinajstić information content (AvgIpc) is 2.74. The van der Waals surface area contributed by atoms with Gasteiger partial charge in [-0.25, -0.2) is 4.39 Å². The van der Waals surface area contributed by atoms with Crippen molar-refractivity contribution in [2.45, 2.75) is 12.5 Å². The second kappa shape index (κ2) is 10.3. The highest BCUT2D eigenvalue weighted by atomic mass is 19.1. The van der Waals surface area contributed by atoms with Gasteiger partial charge in [-0.3, -0.25) is 4.90 Å². The van der Waals surface area contributed by atoms with Crippen LogP contribution in [0.1, 0.15) is 5.56 Å². The lowest BCUT2D eigenvalue weighted by Crippen LogP contribution is -2.49. The highest BCUT2D eigenvalue weighted by Gasteiger charge is 2.21. The van der Waals surface area contributed by atoms with E-state index in [1.807, 2.05) is 41.3 Å². The summed E-state index contributed by atoms with van der Waals surface area (Å²) in [5.74, 6) is 1.31. The first kappa shape index (κ1) is 21.1.